The highest BCUT2D eigenvalue weighted by atomic mass is 16.2. The number of anilines is 1. The van der Waals surface area contributed by atoms with Gasteiger partial charge in [-0.3, -0.25) is 15.0 Å². The van der Waals surface area contributed by atoms with Crippen LogP contribution in [0.15, 0.2) is 24.3 Å². The molecule has 1 atom stereocenters. The summed E-state index contributed by atoms with van der Waals surface area (Å²) in [6.07, 6.45) is 0. The molecule has 1 aromatic carbocycles. The van der Waals surface area contributed by atoms with E-state index in [9.17, 15) is 9.59 Å². The second kappa shape index (κ2) is 4.68. The standard InChI is InChI=1S/C15H20N2O2/c1-10-9-17(14(19)16-13(10)18)12-8-6-5-7-11(12)15(2,3)4/h5-8,10H,9H2,1-4H3,(H,16,18,19). The molecule has 0 radical (unpaired) electrons. The Bertz CT molecular complexity index is 517. The molecule has 1 aliphatic heterocycles. The first-order chi connectivity index (χ1) is 8.80. The normalized spacial score (nSPS) is 20.4. The van der Waals surface area contributed by atoms with Crippen LogP contribution in [0.5, 0.6) is 0 Å². The fourth-order valence-corrected chi connectivity index (χ4v) is 2.29. The molecule has 19 heavy (non-hydrogen) atoms. The summed E-state index contributed by atoms with van der Waals surface area (Å²) < 4.78 is 0. The van der Waals surface area contributed by atoms with Gasteiger partial charge in [0.15, 0.2) is 0 Å². The van der Waals surface area contributed by atoms with Crippen molar-refractivity contribution in [2.45, 2.75) is 33.1 Å². The van der Waals surface area contributed by atoms with E-state index in [4.69, 9.17) is 0 Å². The molecular weight excluding hydrogens is 240 g/mol. The van der Waals surface area contributed by atoms with Crippen LogP contribution in [0.3, 0.4) is 0 Å². The van der Waals surface area contributed by atoms with E-state index in [0.717, 1.165) is 11.3 Å². The summed E-state index contributed by atoms with van der Waals surface area (Å²) in [6, 6.07) is 7.52. The lowest BCUT2D eigenvalue weighted by atomic mass is 9.85. The maximum absolute atomic E-state index is 12.0. The van der Waals surface area contributed by atoms with E-state index in [-0.39, 0.29) is 23.3 Å². The number of carbonyl (C=O) groups is 2. The van der Waals surface area contributed by atoms with Gasteiger partial charge in [-0.1, -0.05) is 45.9 Å². The quantitative estimate of drug-likeness (QED) is 0.844. The Balaban J connectivity index is 2.42. The first-order valence-electron chi connectivity index (χ1n) is 6.52. The number of rotatable bonds is 1. The average molecular weight is 260 g/mol. The molecule has 0 bridgehead atoms. The maximum Gasteiger partial charge on any atom is 0.328 e. The van der Waals surface area contributed by atoms with Crippen LogP contribution in [-0.4, -0.2) is 18.5 Å². The Morgan fingerprint density at radius 3 is 2.47 bits per heavy atom. The minimum absolute atomic E-state index is 0.0540. The minimum Gasteiger partial charge on any atom is -0.293 e. The predicted octanol–water partition coefficient (Wildman–Crippen LogP) is 2.68. The molecule has 0 aliphatic carbocycles. The van der Waals surface area contributed by atoms with Crippen molar-refractivity contribution in [3.8, 4) is 0 Å². The van der Waals surface area contributed by atoms with Crippen LogP contribution in [0.4, 0.5) is 10.5 Å². The van der Waals surface area contributed by atoms with Crippen molar-refractivity contribution in [1.82, 2.24) is 5.32 Å². The monoisotopic (exact) mass is 260 g/mol. The smallest absolute Gasteiger partial charge is 0.293 e. The van der Waals surface area contributed by atoms with Gasteiger partial charge < -0.3 is 0 Å². The van der Waals surface area contributed by atoms with Crippen molar-refractivity contribution in [3.63, 3.8) is 0 Å². The van der Waals surface area contributed by atoms with Gasteiger partial charge in [0.2, 0.25) is 5.91 Å². The third kappa shape index (κ3) is 2.62. The van der Waals surface area contributed by atoms with Gasteiger partial charge in [0, 0.05) is 12.2 Å². The highest BCUT2D eigenvalue weighted by molar-refractivity contribution is 6.06. The third-order valence-corrected chi connectivity index (χ3v) is 3.38. The molecule has 1 aliphatic rings. The molecular formula is C15H20N2O2. The third-order valence-electron chi connectivity index (χ3n) is 3.38. The van der Waals surface area contributed by atoms with Gasteiger partial charge in [-0.2, -0.15) is 0 Å². The second-order valence-electron chi connectivity index (χ2n) is 6.07. The molecule has 4 nitrogen and oxygen atoms in total. The second-order valence-corrected chi connectivity index (χ2v) is 6.07. The van der Waals surface area contributed by atoms with Gasteiger partial charge in [0.05, 0.1) is 5.92 Å². The lowest BCUT2D eigenvalue weighted by molar-refractivity contribution is -0.123. The maximum atomic E-state index is 12.0. The van der Waals surface area contributed by atoms with E-state index in [1.165, 1.54) is 0 Å². The van der Waals surface area contributed by atoms with E-state index in [2.05, 4.69) is 26.1 Å². The predicted molar refractivity (Wildman–Crippen MR) is 75.2 cm³/mol. The number of nitrogens with one attached hydrogen (secondary N) is 1. The summed E-state index contributed by atoms with van der Waals surface area (Å²) in [7, 11) is 0. The summed E-state index contributed by atoms with van der Waals surface area (Å²) in [6.45, 7) is 8.60. The van der Waals surface area contributed by atoms with E-state index >= 15 is 0 Å². The lowest BCUT2D eigenvalue weighted by Gasteiger charge is -2.34. The number of hydrogen-bond donors (Lipinski definition) is 1. The molecule has 4 heteroatoms. The van der Waals surface area contributed by atoms with Crippen molar-refractivity contribution < 1.29 is 9.59 Å². The summed E-state index contributed by atoms with van der Waals surface area (Å²) in [5.74, 6) is -0.389. The largest absolute Gasteiger partial charge is 0.328 e. The van der Waals surface area contributed by atoms with Crippen molar-refractivity contribution >= 4 is 17.6 Å². The molecule has 0 aromatic heterocycles. The number of urea groups is 1. The van der Waals surface area contributed by atoms with Crippen LogP contribution >= 0.6 is 0 Å². The summed E-state index contributed by atoms with van der Waals surface area (Å²) in [5.41, 5.74) is 1.93. The first-order valence-corrected chi connectivity index (χ1v) is 6.52. The Morgan fingerprint density at radius 1 is 1.21 bits per heavy atom. The van der Waals surface area contributed by atoms with Crippen molar-refractivity contribution in [3.05, 3.63) is 29.8 Å². The molecule has 102 valence electrons. The highest BCUT2D eigenvalue weighted by Gasteiger charge is 2.32. The molecule has 1 saturated heterocycles. The van der Waals surface area contributed by atoms with E-state index in [1.807, 2.05) is 31.2 Å². The Hall–Kier alpha value is -1.84. The van der Waals surface area contributed by atoms with Crippen LogP contribution in [0.25, 0.3) is 0 Å². The molecule has 1 N–H and O–H groups in total. The molecule has 0 spiro atoms. The lowest BCUT2D eigenvalue weighted by Crippen LogP contribution is -2.54. The van der Waals surface area contributed by atoms with Gasteiger partial charge >= 0.3 is 6.03 Å². The van der Waals surface area contributed by atoms with Crippen LogP contribution in [0.2, 0.25) is 0 Å². The number of amides is 3. The van der Waals surface area contributed by atoms with Crippen LogP contribution < -0.4 is 10.2 Å². The molecule has 1 heterocycles. The van der Waals surface area contributed by atoms with Gasteiger partial charge in [-0.25, -0.2) is 4.79 Å². The fraction of sp³-hybridized carbons (Fsp3) is 0.467. The highest BCUT2D eigenvalue weighted by Crippen LogP contribution is 2.32. The van der Waals surface area contributed by atoms with Gasteiger partial charge in [0.1, 0.15) is 0 Å². The zero-order chi connectivity index (χ0) is 14.2. The Morgan fingerprint density at radius 2 is 1.84 bits per heavy atom. The van der Waals surface area contributed by atoms with E-state index in [1.54, 1.807) is 4.90 Å². The molecule has 1 fully saturated rings. The van der Waals surface area contributed by atoms with Crippen molar-refractivity contribution in [2.24, 2.45) is 5.92 Å². The summed E-state index contributed by atoms with van der Waals surface area (Å²) in [4.78, 5) is 25.2. The fourth-order valence-electron chi connectivity index (χ4n) is 2.29. The van der Waals surface area contributed by atoms with Crippen molar-refractivity contribution in [1.29, 1.82) is 0 Å². The van der Waals surface area contributed by atoms with Crippen molar-refractivity contribution in [2.75, 3.05) is 11.4 Å². The molecule has 3 amide bonds. The Kier molecular flexibility index (Phi) is 3.35. The summed E-state index contributed by atoms with van der Waals surface area (Å²) >= 11 is 0. The molecule has 1 aromatic rings. The topological polar surface area (TPSA) is 49.4 Å². The van der Waals surface area contributed by atoms with Crippen LogP contribution in [0.1, 0.15) is 33.3 Å². The zero-order valence-corrected chi connectivity index (χ0v) is 11.9. The Labute approximate surface area is 113 Å². The van der Waals surface area contributed by atoms with Gasteiger partial charge in [-0.15, -0.1) is 0 Å². The number of benzene rings is 1. The number of para-hydroxylation sites is 1. The number of hydrogen-bond acceptors (Lipinski definition) is 2. The van der Waals surface area contributed by atoms with E-state index < -0.39 is 0 Å². The average Bonchev–Trinajstić information content (AvgIpc) is 2.33. The van der Waals surface area contributed by atoms with Crippen LogP contribution in [-0.2, 0) is 10.2 Å². The zero-order valence-electron chi connectivity index (χ0n) is 11.9. The molecule has 0 saturated carbocycles. The SMILES string of the molecule is CC1CN(c2ccccc2C(C)(C)C)C(=O)NC1=O. The minimum atomic E-state index is -0.334. The van der Waals surface area contributed by atoms with Crippen LogP contribution in [0, 0.1) is 5.92 Å². The first kappa shape index (κ1) is 13.6. The number of nitrogens with zero attached hydrogens (tertiary/aromatic N) is 1. The number of carbonyl (C=O) groups excluding carboxylic acids is 2. The number of imide groups is 1. The van der Waals surface area contributed by atoms with Gasteiger partial charge in [0.25, 0.3) is 0 Å². The van der Waals surface area contributed by atoms with E-state index in [0.29, 0.717) is 6.54 Å². The molecule has 1 unspecified atom stereocenters. The summed E-state index contributed by atoms with van der Waals surface area (Å²) in [5, 5.41) is 2.40. The molecule has 2 rings (SSSR count). The van der Waals surface area contributed by atoms with Gasteiger partial charge in [-0.05, 0) is 17.0 Å².